The van der Waals surface area contributed by atoms with Gasteiger partial charge in [-0.1, -0.05) is 69.1 Å². The number of hydrogen-bond donors (Lipinski definition) is 2. The van der Waals surface area contributed by atoms with Crippen LogP contribution < -0.4 is 10.1 Å². The Hall–Kier alpha value is -1.23. The van der Waals surface area contributed by atoms with Gasteiger partial charge < -0.3 is 15.2 Å². The van der Waals surface area contributed by atoms with Gasteiger partial charge in [0.15, 0.2) is 0 Å². The molecule has 0 fully saturated rings. The van der Waals surface area contributed by atoms with Crippen LogP contribution in [0, 0.1) is 11.3 Å². The van der Waals surface area contributed by atoms with E-state index in [1.807, 2.05) is 24.3 Å². The number of amides is 1. The highest BCUT2D eigenvalue weighted by molar-refractivity contribution is 9.09. The number of alkyl halides is 1. The van der Waals surface area contributed by atoms with E-state index in [4.69, 9.17) is 9.84 Å². The molecule has 1 aromatic rings. The van der Waals surface area contributed by atoms with Crippen molar-refractivity contribution in [3.8, 4) is 5.75 Å². The van der Waals surface area contributed by atoms with Crippen molar-refractivity contribution in [1.82, 2.24) is 5.32 Å². The molecule has 1 aromatic carbocycles. The van der Waals surface area contributed by atoms with E-state index in [1.165, 1.54) is 0 Å². The average Bonchev–Trinajstić information content (AvgIpc) is 2.50. The number of carboxylic acid groups (broad SMARTS) is 1. The minimum atomic E-state index is -1.03. The van der Waals surface area contributed by atoms with Crippen molar-refractivity contribution >= 4 is 22.0 Å². The van der Waals surface area contributed by atoms with Crippen molar-refractivity contribution in [2.75, 3.05) is 6.61 Å². The summed E-state index contributed by atoms with van der Waals surface area (Å²) in [5, 5.41) is 11.8. The fourth-order valence-electron chi connectivity index (χ4n) is 2.54. The second kappa shape index (κ2) is 9.30. The Kier molecular flexibility index (Phi) is 8.07. The second-order valence-corrected chi connectivity index (χ2v) is 8.46. The molecule has 136 valence electrons. The van der Waals surface area contributed by atoms with Crippen molar-refractivity contribution in [2.24, 2.45) is 11.3 Å². The topological polar surface area (TPSA) is 58.6 Å². The third-order valence-electron chi connectivity index (χ3n) is 3.95. The summed E-state index contributed by atoms with van der Waals surface area (Å²) in [5.41, 5.74) is 0.834. The van der Waals surface area contributed by atoms with Crippen LogP contribution in [0.3, 0.4) is 0 Å². The molecule has 3 atom stereocenters. The molecule has 0 heterocycles. The number of nitrogens with one attached hydrogen (secondary N) is 1. The number of benzene rings is 1. The molecule has 0 aliphatic rings. The van der Waals surface area contributed by atoms with Crippen LogP contribution in [0.2, 0.25) is 0 Å². The van der Waals surface area contributed by atoms with Crippen LogP contribution >= 0.6 is 15.9 Å². The van der Waals surface area contributed by atoms with Crippen LogP contribution in [0.1, 0.15) is 59.1 Å². The van der Waals surface area contributed by atoms with Gasteiger partial charge in [-0.2, -0.15) is 0 Å². The minimum absolute atomic E-state index is 0.0301. The van der Waals surface area contributed by atoms with E-state index in [0.29, 0.717) is 12.5 Å². The molecule has 1 amide bonds. The smallest absolute Gasteiger partial charge is 0.405 e. The number of halogens is 1. The van der Waals surface area contributed by atoms with Crippen LogP contribution in [0.25, 0.3) is 0 Å². The maximum atomic E-state index is 11.2. The Morgan fingerprint density at radius 3 is 2.33 bits per heavy atom. The van der Waals surface area contributed by atoms with Crippen LogP contribution in [-0.4, -0.2) is 22.6 Å². The normalized spacial score (nSPS) is 15.4. The molecule has 5 heteroatoms. The van der Waals surface area contributed by atoms with Crippen LogP contribution in [-0.2, 0) is 0 Å². The molecule has 0 bridgehead atoms. The van der Waals surface area contributed by atoms with Gasteiger partial charge in [0.2, 0.25) is 0 Å². The average molecular weight is 400 g/mol. The summed E-state index contributed by atoms with van der Waals surface area (Å²) in [6.45, 7) is 11.3. The molecule has 0 aromatic heterocycles. The lowest BCUT2D eigenvalue weighted by Crippen LogP contribution is -2.38. The molecule has 0 saturated carbocycles. The van der Waals surface area contributed by atoms with E-state index < -0.39 is 6.09 Å². The summed E-state index contributed by atoms with van der Waals surface area (Å²) < 4.78 is 5.82. The summed E-state index contributed by atoms with van der Waals surface area (Å²) >= 11 is 3.66. The Morgan fingerprint density at radius 2 is 1.88 bits per heavy atom. The SMILES string of the molecule is CCCC(C)COc1ccc([C@@H](NC(=O)O)C(Br)C(C)(C)C)cc1. The standard InChI is InChI=1S/C19H30BrNO3/c1-6-7-13(2)12-24-15-10-8-14(9-11-15)16(21-18(22)23)17(20)19(3,4)5/h8-11,13,16-17,21H,6-7,12H2,1-5H3,(H,22,23)/t13?,16-,17?/m1/s1. The Balaban J connectivity index is 2.83. The van der Waals surface area contributed by atoms with Crippen molar-refractivity contribution in [2.45, 2.75) is 58.3 Å². The molecular formula is C19H30BrNO3. The summed E-state index contributed by atoms with van der Waals surface area (Å²) in [6.07, 6.45) is 1.28. The lowest BCUT2D eigenvalue weighted by atomic mass is 9.85. The van der Waals surface area contributed by atoms with E-state index in [0.717, 1.165) is 24.2 Å². The van der Waals surface area contributed by atoms with Crippen molar-refractivity contribution in [3.05, 3.63) is 29.8 Å². The Bertz CT molecular complexity index is 510. The van der Waals surface area contributed by atoms with E-state index in [1.54, 1.807) is 0 Å². The van der Waals surface area contributed by atoms with Gasteiger partial charge in [-0.15, -0.1) is 0 Å². The van der Waals surface area contributed by atoms with Gasteiger partial charge in [-0.05, 0) is 35.4 Å². The molecule has 0 aliphatic heterocycles. The first-order chi connectivity index (χ1) is 11.1. The highest BCUT2D eigenvalue weighted by atomic mass is 79.9. The highest BCUT2D eigenvalue weighted by Gasteiger charge is 2.32. The number of rotatable bonds is 8. The fourth-order valence-corrected chi connectivity index (χ4v) is 2.98. The minimum Gasteiger partial charge on any atom is -0.493 e. The van der Waals surface area contributed by atoms with Crippen LogP contribution in [0.5, 0.6) is 5.75 Å². The zero-order valence-electron chi connectivity index (χ0n) is 15.3. The third kappa shape index (κ3) is 6.71. The van der Waals surface area contributed by atoms with Crippen molar-refractivity contribution in [3.63, 3.8) is 0 Å². The summed E-state index contributed by atoms with van der Waals surface area (Å²) in [4.78, 5) is 11.1. The van der Waals surface area contributed by atoms with Gasteiger partial charge in [-0.3, -0.25) is 0 Å². The summed E-state index contributed by atoms with van der Waals surface area (Å²) in [7, 11) is 0. The first-order valence-corrected chi connectivity index (χ1v) is 9.43. The number of hydrogen-bond acceptors (Lipinski definition) is 2. The molecule has 2 N–H and O–H groups in total. The third-order valence-corrected chi connectivity index (χ3v) is 5.86. The largest absolute Gasteiger partial charge is 0.493 e. The first kappa shape index (κ1) is 20.8. The van der Waals surface area contributed by atoms with E-state index >= 15 is 0 Å². The quantitative estimate of drug-likeness (QED) is 0.557. The van der Waals surface area contributed by atoms with E-state index in [2.05, 4.69) is 55.9 Å². The molecule has 24 heavy (non-hydrogen) atoms. The van der Waals surface area contributed by atoms with Crippen molar-refractivity contribution < 1.29 is 14.6 Å². The van der Waals surface area contributed by atoms with Crippen LogP contribution in [0.15, 0.2) is 24.3 Å². The fraction of sp³-hybridized carbons (Fsp3) is 0.632. The van der Waals surface area contributed by atoms with E-state index in [-0.39, 0.29) is 16.3 Å². The molecule has 1 rings (SSSR count). The first-order valence-electron chi connectivity index (χ1n) is 8.51. The van der Waals surface area contributed by atoms with Gasteiger partial charge in [-0.25, -0.2) is 4.79 Å². The molecule has 4 nitrogen and oxygen atoms in total. The number of carbonyl (C=O) groups is 1. The highest BCUT2D eigenvalue weighted by Crippen LogP contribution is 2.36. The molecule has 0 radical (unpaired) electrons. The predicted molar refractivity (Wildman–Crippen MR) is 102 cm³/mol. The molecule has 0 aliphatic carbocycles. The lowest BCUT2D eigenvalue weighted by molar-refractivity contribution is 0.186. The maximum absolute atomic E-state index is 11.2. The van der Waals surface area contributed by atoms with Gasteiger partial charge in [0.25, 0.3) is 0 Å². The maximum Gasteiger partial charge on any atom is 0.405 e. The predicted octanol–water partition coefficient (Wildman–Crippen LogP) is 5.62. The van der Waals surface area contributed by atoms with E-state index in [9.17, 15) is 4.79 Å². The Labute approximate surface area is 154 Å². The van der Waals surface area contributed by atoms with Crippen LogP contribution in [0.4, 0.5) is 4.79 Å². The molecular weight excluding hydrogens is 370 g/mol. The lowest BCUT2D eigenvalue weighted by Gasteiger charge is -2.33. The van der Waals surface area contributed by atoms with Gasteiger partial charge in [0, 0.05) is 4.83 Å². The second-order valence-electron chi connectivity index (χ2n) is 7.47. The molecule has 2 unspecified atom stereocenters. The summed E-state index contributed by atoms with van der Waals surface area (Å²) in [6, 6.07) is 7.36. The zero-order chi connectivity index (χ0) is 18.3. The zero-order valence-corrected chi connectivity index (χ0v) is 16.9. The molecule has 0 saturated heterocycles. The number of ether oxygens (including phenoxy) is 1. The Morgan fingerprint density at radius 1 is 1.29 bits per heavy atom. The van der Waals surface area contributed by atoms with Gasteiger partial charge in [0.1, 0.15) is 5.75 Å². The van der Waals surface area contributed by atoms with Gasteiger partial charge in [0.05, 0.1) is 12.6 Å². The molecule has 0 spiro atoms. The summed E-state index contributed by atoms with van der Waals surface area (Å²) in [5.74, 6) is 1.35. The van der Waals surface area contributed by atoms with Gasteiger partial charge >= 0.3 is 6.09 Å². The van der Waals surface area contributed by atoms with Crippen molar-refractivity contribution in [1.29, 1.82) is 0 Å². The monoisotopic (exact) mass is 399 g/mol.